The number of amides is 1. The van der Waals surface area contributed by atoms with Crippen LogP contribution in [0.25, 0.3) is 11.4 Å². The van der Waals surface area contributed by atoms with Crippen molar-refractivity contribution in [1.29, 1.82) is 0 Å². The zero-order valence-corrected chi connectivity index (χ0v) is 14.1. The maximum atomic E-state index is 14.0. The predicted molar refractivity (Wildman–Crippen MR) is 90.8 cm³/mol. The molecule has 1 amide bonds. The van der Waals surface area contributed by atoms with Crippen molar-refractivity contribution in [2.24, 2.45) is 0 Å². The van der Waals surface area contributed by atoms with E-state index in [1.54, 1.807) is 18.2 Å². The first-order valence-corrected chi connectivity index (χ1v) is 8.24. The number of halogens is 3. The Morgan fingerprint density at radius 2 is 1.96 bits per heavy atom. The van der Waals surface area contributed by atoms with Crippen molar-refractivity contribution in [2.75, 3.05) is 11.4 Å². The second-order valence-electron chi connectivity index (χ2n) is 5.94. The molecule has 8 heteroatoms. The summed E-state index contributed by atoms with van der Waals surface area (Å²) < 4.78 is 32.5. The second-order valence-corrected chi connectivity index (χ2v) is 6.35. The Balaban J connectivity index is 1.58. The van der Waals surface area contributed by atoms with Crippen LogP contribution < -0.4 is 4.90 Å². The van der Waals surface area contributed by atoms with Gasteiger partial charge in [0.25, 0.3) is 0 Å². The summed E-state index contributed by atoms with van der Waals surface area (Å²) in [7, 11) is 0. The minimum absolute atomic E-state index is 0.0457. The number of carbonyl (C=O) groups excluding carboxylic acids is 1. The molecule has 26 heavy (non-hydrogen) atoms. The van der Waals surface area contributed by atoms with E-state index in [9.17, 15) is 13.6 Å². The lowest BCUT2D eigenvalue weighted by molar-refractivity contribution is -0.117. The number of hydrogen-bond donors (Lipinski definition) is 0. The van der Waals surface area contributed by atoms with Gasteiger partial charge < -0.3 is 9.42 Å². The molecule has 0 saturated carbocycles. The van der Waals surface area contributed by atoms with Crippen LogP contribution >= 0.6 is 11.6 Å². The van der Waals surface area contributed by atoms with Crippen LogP contribution in [-0.2, 0) is 4.79 Å². The lowest BCUT2D eigenvalue weighted by atomic mass is 10.1. The van der Waals surface area contributed by atoms with Gasteiger partial charge in [-0.1, -0.05) is 28.9 Å². The molecular weight excluding hydrogens is 364 g/mol. The third kappa shape index (κ3) is 2.94. The smallest absolute Gasteiger partial charge is 0.232 e. The van der Waals surface area contributed by atoms with E-state index in [2.05, 4.69) is 10.1 Å². The number of para-hydroxylation sites is 1. The summed E-state index contributed by atoms with van der Waals surface area (Å²) in [6, 6.07) is 10.2. The number of anilines is 1. The van der Waals surface area contributed by atoms with Crippen LogP contribution in [0.15, 0.2) is 47.0 Å². The van der Waals surface area contributed by atoms with Crippen molar-refractivity contribution in [1.82, 2.24) is 10.1 Å². The number of nitrogens with zero attached hydrogens (tertiary/aromatic N) is 3. The van der Waals surface area contributed by atoms with Crippen LogP contribution in [-0.4, -0.2) is 22.6 Å². The SMILES string of the molecule is O=C1CC(c2nc(-c3ccc(F)c(Cl)c3)no2)CN1c1ccccc1F. The molecule has 2 aromatic carbocycles. The van der Waals surface area contributed by atoms with Crippen molar-refractivity contribution in [3.63, 3.8) is 0 Å². The van der Waals surface area contributed by atoms with Gasteiger partial charge in [-0.25, -0.2) is 8.78 Å². The lowest BCUT2D eigenvalue weighted by Crippen LogP contribution is -2.25. The Bertz CT molecular complexity index is 992. The highest BCUT2D eigenvalue weighted by molar-refractivity contribution is 6.31. The summed E-state index contributed by atoms with van der Waals surface area (Å²) in [5.41, 5.74) is 0.728. The Labute approximate surface area is 152 Å². The van der Waals surface area contributed by atoms with E-state index >= 15 is 0 Å². The normalized spacial score (nSPS) is 17.1. The highest BCUT2D eigenvalue weighted by atomic mass is 35.5. The van der Waals surface area contributed by atoms with Crippen LogP contribution in [0.2, 0.25) is 5.02 Å². The molecule has 1 aromatic heterocycles. The standard InChI is InChI=1S/C18H12ClF2N3O2/c19-12-7-10(5-6-13(12)20)17-22-18(26-23-17)11-8-16(25)24(9-11)15-4-2-1-3-14(15)21/h1-7,11H,8-9H2. The van der Waals surface area contributed by atoms with Gasteiger partial charge in [0.15, 0.2) is 0 Å². The molecule has 1 aliphatic rings. The van der Waals surface area contributed by atoms with Crippen LogP contribution in [0.1, 0.15) is 18.2 Å². The number of benzene rings is 2. The third-order valence-electron chi connectivity index (χ3n) is 4.24. The van der Waals surface area contributed by atoms with Crippen molar-refractivity contribution in [3.8, 4) is 11.4 Å². The van der Waals surface area contributed by atoms with Gasteiger partial charge in [0.05, 0.1) is 16.6 Å². The average Bonchev–Trinajstić information content (AvgIpc) is 3.25. The Hall–Kier alpha value is -2.80. The highest BCUT2D eigenvalue weighted by Gasteiger charge is 2.36. The summed E-state index contributed by atoms with van der Waals surface area (Å²) >= 11 is 5.77. The van der Waals surface area contributed by atoms with Gasteiger partial charge in [-0.15, -0.1) is 0 Å². The van der Waals surface area contributed by atoms with Crippen LogP contribution in [0.4, 0.5) is 14.5 Å². The average molecular weight is 376 g/mol. The van der Waals surface area contributed by atoms with Crippen molar-refractivity contribution in [2.45, 2.75) is 12.3 Å². The molecule has 0 bridgehead atoms. The molecule has 0 aliphatic carbocycles. The van der Waals surface area contributed by atoms with Gasteiger partial charge in [-0.2, -0.15) is 4.98 Å². The fourth-order valence-electron chi connectivity index (χ4n) is 2.93. The topological polar surface area (TPSA) is 59.2 Å². The molecular formula is C18H12ClF2N3O2. The number of aromatic nitrogens is 2. The summed E-state index contributed by atoms with van der Waals surface area (Å²) in [5.74, 6) is -1.05. The van der Waals surface area contributed by atoms with E-state index in [0.717, 1.165) is 0 Å². The molecule has 0 spiro atoms. The molecule has 1 atom stereocenters. The monoisotopic (exact) mass is 375 g/mol. The van der Waals surface area contributed by atoms with Gasteiger partial charge in [0, 0.05) is 18.5 Å². The van der Waals surface area contributed by atoms with E-state index in [1.807, 2.05) is 0 Å². The quantitative estimate of drug-likeness (QED) is 0.688. The molecule has 1 aliphatic heterocycles. The zero-order valence-electron chi connectivity index (χ0n) is 13.3. The van der Waals surface area contributed by atoms with E-state index in [4.69, 9.17) is 16.1 Å². The van der Waals surface area contributed by atoms with Gasteiger partial charge in [-0.3, -0.25) is 4.79 Å². The minimum Gasteiger partial charge on any atom is -0.339 e. The van der Waals surface area contributed by atoms with Crippen LogP contribution in [0.3, 0.4) is 0 Å². The van der Waals surface area contributed by atoms with E-state index < -0.39 is 11.6 Å². The number of rotatable bonds is 3. The van der Waals surface area contributed by atoms with Gasteiger partial charge in [-0.05, 0) is 30.3 Å². The molecule has 3 aromatic rings. The summed E-state index contributed by atoms with van der Waals surface area (Å²) in [5, 5.41) is 3.83. The molecule has 1 fully saturated rings. The lowest BCUT2D eigenvalue weighted by Gasteiger charge is -2.16. The third-order valence-corrected chi connectivity index (χ3v) is 4.53. The number of carbonyl (C=O) groups is 1. The van der Waals surface area contributed by atoms with Crippen LogP contribution in [0.5, 0.6) is 0 Å². The second kappa shape index (κ2) is 6.49. The van der Waals surface area contributed by atoms with E-state index in [0.29, 0.717) is 5.56 Å². The highest BCUT2D eigenvalue weighted by Crippen LogP contribution is 2.33. The Morgan fingerprint density at radius 3 is 2.73 bits per heavy atom. The molecule has 0 radical (unpaired) electrons. The molecule has 0 N–H and O–H groups in total. The fourth-order valence-corrected chi connectivity index (χ4v) is 3.11. The summed E-state index contributed by atoms with van der Waals surface area (Å²) in [6.07, 6.45) is 0.139. The maximum Gasteiger partial charge on any atom is 0.232 e. The first kappa shape index (κ1) is 16.7. The molecule has 2 heterocycles. The molecule has 5 nitrogen and oxygen atoms in total. The first-order chi connectivity index (χ1) is 12.5. The van der Waals surface area contributed by atoms with Crippen LogP contribution in [0, 0.1) is 11.6 Å². The minimum atomic E-state index is -0.541. The summed E-state index contributed by atoms with van der Waals surface area (Å²) in [6.45, 7) is 0.242. The van der Waals surface area contributed by atoms with Gasteiger partial charge in [0.1, 0.15) is 11.6 Å². The molecule has 1 unspecified atom stereocenters. The van der Waals surface area contributed by atoms with E-state index in [1.165, 1.54) is 29.2 Å². The predicted octanol–water partition coefficient (Wildman–Crippen LogP) is 4.19. The molecule has 1 saturated heterocycles. The van der Waals surface area contributed by atoms with Gasteiger partial charge in [0.2, 0.25) is 17.6 Å². The van der Waals surface area contributed by atoms with E-state index in [-0.39, 0.29) is 47.2 Å². The van der Waals surface area contributed by atoms with Crippen molar-refractivity contribution < 1.29 is 18.1 Å². The van der Waals surface area contributed by atoms with Gasteiger partial charge >= 0.3 is 0 Å². The largest absolute Gasteiger partial charge is 0.339 e. The van der Waals surface area contributed by atoms with Crippen molar-refractivity contribution in [3.05, 3.63) is 65.0 Å². The molecule has 4 rings (SSSR count). The zero-order chi connectivity index (χ0) is 18.3. The Morgan fingerprint density at radius 1 is 1.15 bits per heavy atom. The number of hydrogen-bond acceptors (Lipinski definition) is 4. The first-order valence-electron chi connectivity index (χ1n) is 7.87. The van der Waals surface area contributed by atoms with Crippen molar-refractivity contribution >= 4 is 23.2 Å². The Kier molecular flexibility index (Phi) is 4.16. The maximum absolute atomic E-state index is 14.0. The molecule has 132 valence electrons. The summed E-state index contributed by atoms with van der Waals surface area (Å²) in [4.78, 5) is 17.9. The fraction of sp³-hybridized carbons (Fsp3) is 0.167.